The number of thiocarbonyl (C=S) groups is 1. The second-order valence-corrected chi connectivity index (χ2v) is 7.07. The molecule has 1 fully saturated rings. The first-order valence-corrected chi connectivity index (χ1v) is 9.00. The van der Waals surface area contributed by atoms with E-state index in [-0.39, 0.29) is 22.0 Å². The molecule has 1 aliphatic rings. The summed E-state index contributed by atoms with van der Waals surface area (Å²) in [5.41, 5.74) is 0.825. The molecule has 0 atom stereocenters. The molecule has 1 saturated heterocycles. The van der Waals surface area contributed by atoms with Crippen molar-refractivity contribution in [2.24, 2.45) is 0 Å². The number of carboxylic acid groups (broad SMARTS) is 1. The van der Waals surface area contributed by atoms with Gasteiger partial charge in [0.05, 0.1) is 14.8 Å². The van der Waals surface area contributed by atoms with Crippen LogP contribution < -0.4 is 10.2 Å². The zero-order valence-electron chi connectivity index (χ0n) is 13.5. The molecule has 0 saturated carbocycles. The van der Waals surface area contributed by atoms with Crippen LogP contribution in [0.1, 0.15) is 15.9 Å². The summed E-state index contributed by atoms with van der Waals surface area (Å²) < 4.78 is 0.572. The number of anilines is 1. The van der Waals surface area contributed by atoms with Crippen molar-refractivity contribution in [3.8, 4) is 5.75 Å². The third-order valence-electron chi connectivity index (χ3n) is 3.76. The van der Waals surface area contributed by atoms with Gasteiger partial charge in [0.1, 0.15) is 11.3 Å². The summed E-state index contributed by atoms with van der Waals surface area (Å²) in [6.07, 6.45) is 1.40. The molecule has 9 heteroatoms. The highest BCUT2D eigenvalue weighted by atomic mass is 127. The van der Waals surface area contributed by atoms with E-state index in [9.17, 15) is 19.5 Å². The van der Waals surface area contributed by atoms with Crippen LogP contribution in [-0.4, -0.2) is 33.1 Å². The fraction of sp³-hybridized carbons (Fsp3) is 0. The topological polar surface area (TPSA) is 107 Å². The van der Waals surface area contributed by atoms with Crippen molar-refractivity contribution < 1.29 is 24.6 Å². The van der Waals surface area contributed by atoms with E-state index in [0.29, 0.717) is 14.8 Å². The molecule has 1 aliphatic heterocycles. The van der Waals surface area contributed by atoms with Crippen molar-refractivity contribution in [3.05, 3.63) is 62.7 Å². The molecule has 1 heterocycles. The molecule has 2 aromatic carbocycles. The maximum absolute atomic E-state index is 12.9. The van der Waals surface area contributed by atoms with Crippen molar-refractivity contribution in [3.63, 3.8) is 0 Å². The number of nitrogens with one attached hydrogen (secondary N) is 1. The number of carbonyl (C=O) groups is 3. The van der Waals surface area contributed by atoms with Gasteiger partial charge in [0.2, 0.25) is 0 Å². The first kappa shape index (κ1) is 19.0. The number of carbonyl (C=O) groups excluding carboxylic acids is 2. The van der Waals surface area contributed by atoms with E-state index >= 15 is 0 Å². The van der Waals surface area contributed by atoms with Crippen molar-refractivity contribution >= 4 is 69.5 Å². The van der Waals surface area contributed by atoms with Crippen LogP contribution in [-0.2, 0) is 9.59 Å². The molecule has 0 spiro atoms. The van der Waals surface area contributed by atoms with Crippen LogP contribution in [0.3, 0.4) is 0 Å². The molecule has 2 amide bonds. The third kappa shape index (κ3) is 3.83. The van der Waals surface area contributed by atoms with Crippen molar-refractivity contribution in [2.45, 2.75) is 0 Å². The second kappa shape index (κ2) is 7.45. The Labute approximate surface area is 172 Å². The minimum absolute atomic E-state index is 0.0626. The Morgan fingerprint density at radius 1 is 1.15 bits per heavy atom. The van der Waals surface area contributed by atoms with Crippen molar-refractivity contribution in [1.82, 2.24) is 5.32 Å². The third-order valence-corrected chi connectivity index (χ3v) is 4.91. The SMILES string of the molecule is O=C1NC(=S)N(c2ccc(C(=O)O)cc2)C(=O)/C1=C/c1ccc(O)c(I)c1. The van der Waals surface area contributed by atoms with Gasteiger partial charge in [-0.25, -0.2) is 4.79 Å². The first-order chi connectivity index (χ1) is 12.8. The molecule has 0 radical (unpaired) electrons. The van der Waals surface area contributed by atoms with E-state index < -0.39 is 17.8 Å². The number of carboxylic acids is 1. The number of hydrogen-bond acceptors (Lipinski definition) is 5. The van der Waals surface area contributed by atoms with Crippen molar-refractivity contribution in [2.75, 3.05) is 4.90 Å². The lowest BCUT2D eigenvalue weighted by molar-refractivity contribution is -0.122. The quantitative estimate of drug-likeness (QED) is 0.262. The van der Waals surface area contributed by atoms with Crippen LogP contribution in [0.4, 0.5) is 5.69 Å². The van der Waals surface area contributed by atoms with E-state index in [1.807, 2.05) is 22.6 Å². The van der Waals surface area contributed by atoms with Crippen LogP contribution >= 0.6 is 34.8 Å². The smallest absolute Gasteiger partial charge is 0.335 e. The lowest BCUT2D eigenvalue weighted by atomic mass is 10.1. The number of phenolic OH excluding ortho intramolecular Hbond substituents is 1. The van der Waals surface area contributed by atoms with Gasteiger partial charge in [-0.15, -0.1) is 0 Å². The lowest BCUT2D eigenvalue weighted by Crippen LogP contribution is -2.54. The largest absolute Gasteiger partial charge is 0.507 e. The van der Waals surface area contributed by atoms with Gasteiger partial charge in [0, 0.05) is 0 Å². The van der Waals surface area contributed by atoms with Crippen LogP contribution in [0.2, 0.25) is 0 Å². The average Bonchev–Trinajstić information content (AvgIpc) is 2.62. The fourth-order valence-corrected chi connectivity index (χ4v) is 3.25. The molecule has 2 aromatic rings. The number of halogens is 1. The molecule has 0 unspecified atom stereocenters. The summed E-state index contributed by atoms with van der Waals surface area (Å²) in [6.45, 7) is 0. The molecule has 0 aliphatic carbocycles. The number of hydrogen-bond donors (Lipinski definition) is 3. The zero-order chi connectivity index (χ0) is 19.7. The molecular weight excluding hydrogens is 483 g/mol. The van der Waals surface area contributed by atoms with Crippen LogP contribution in [0.15, 0.2) is 48.0 Å². The van der Waals surface area contributed by atoms with Crippen LogP contribution in [0.5, 0.6) is 5.75 Å². The normalized spacial score (nSPS) is 15.8. The summed E-state index contributed by atoms with van der Waals surface area (Å²) in [5.74, 6) is -2.26. The maximum Gasteiger partial charge on any atom is 0.335 e. The van der Waals surface area contributed by atoms with Gasteiger partial charge >= 0.3 is 5.97 Å². The highest BCUT2D eigenvalue weighted by molar-refractivity contribution is 14.1. The molecule has 0 aromatic heterocycles. The van der Waals surface area contributed by atoms with E-state index in [0.717, 1.165) is 4.90 Å². The Morgan fingerprint density at radius 2 is 1.81 bits per heavy atom. The van der Waals surface area contributed by atoms with E-state index in [1.54, 1.807) is 12.1 Å². The number of aromatic hydroxyl groups is 1. The maximum atomic E-state index is 12.9. The Bertz CT molecular complexity index is 1020. The summed E-state index contributed by atoms with van der Waals surface area (Å²) in [7, 11) is 0. The van der Waals surface area contributed by atoms with Gasteiger partial charge in [-0.3, -0.25) is 19.8 Å². The van der Waals surface area contributed by atoms with Gasteiger partial charge in [-0.1, -0.05) is 6.07 Å². The number of aromatic carboxylic acids is 1. The van der Waals surface area contributed by atoms with Gasteiger partial charge < -0.3 is 10.2 Å². The Kier molecular flexibility index (Phi) is 5.24. The van der Waals surface area contributed by atoms with Gasteiger partial charge in [-0.2, -0.15) is 0 Å². The highest BCUT2D eigenvalue weighted by Crippen LogP contribution is 2.25. The van der Waals surface area contributed by atoms with Gasteiger partial charge in [0.15, 0.2) is 5.11 Å². The Balaban J connectivity index is 1.99. The number of phenols is 1. The molecule has 3 N–H and O–H groups in total. The molecule has 27 heavy (non-hydrogen) atoms. The fourth-order valence-electron chi connectivity index (χ4n) is 2.42. The predicted octanol–water partition coefficient (Wildman–Crippen LogP) is 2.53. The standard InChI is InChI=1S/C18H11IN2O5S/c19-13-8-9(1-6-14(13)22)7-12-15(23)20-18(27)21(16(12)24)11-4-2-10(3-5-11)17(25)26/h1-8,22H,(H,25,26)(H,20,23,27)/b12-7+. The first-order valence-electron chi connectivity index (χ1n) is 7.51. The molecule has 0 bridgehead atoms. The summed E-state index contributed by atoms with van der Waals surface area (Å²) in [6, 6.07) is 10.2. The highest BCUT2D eigenvalue weighted by Gasteiger charge is 2.34. The molecule has 136 valence electrons. The predicted molar refractivity (Wildman–Crippen MR) is 110 cm³/mol. The van der Waals surface area contributed by atoms with Crippen molar-refractivity contribution in [1.29, 1.82) is 0 Å². The summed E-state index contributed by atoms with van der Waals surface area (Å²) >= 11 is 7.03. The number of amides is 2. The lowest BCUT2D eigenvalue weighted by Gasteiger charge is -2.29. The number of nitrogens with zero attached hydrogens (tertiary/aromatic N) is 1. The minimum Gasteiger partial charge on any atom is -0.507 e. The zero-order valence-corrected chi connectivity index (χ0v) is 16.4. The Morgan fingerprint density at radius 3 is 2.41 bits per heavy atom. The Hall–Kier alpha value is -2.79. The monoisotopic (exact) mass is 494 g/mol. The van der Waals surface area contributed by atoms with Crippen LogP contribution in [0, 0.1) is 3.57 Å². The second-order valence-electron chi connectivity index (χ2n) is 5.52. The molecular formula is C18H11IN2O5S. The molecule has 3 rings (SSSR count). The van der Waals surface area contributed by atoms with Crippen LogP contribution in [0.25, 0.3) is 6.08 Å². The number of benzene rings is 2. The van der Waals surface area contributed by atoms with E-state index in [1.165, 1.54) is 36.4 Å². The number of rotatable bonds is 3. The van der Waals surface area contributed by atoms with Gasteiger partial charge in [-0.05, 0) is 82.8 Å². The van der Waals surface area contributed by atoms with E-state index in [4.69, 9.17) is 17.3 Å². The van der Waals surface area contributed by atoms with Gasteiger partial charge in [0.25, 0.3) is 11.8 Å². The van der Waals surface area contributed by atoms with E-state index in [2.05, 4.69) is 5.32 Å². The average molecular weight is 494 g/mol. The summed E-state index contributed by atoms with van der Waals surface area (Å²) in [4.78, 5) is 37.2. The molecule has 7 nitrogen and oxygen atoms in total. The summed E-state index contributed by atoms with van der Waals surface area (Å²) in [5, 5.41) is 20.9. The minimum atomic E-state index is -1.09.